The molecule has 0 unspecified atom stereocenters. The van der Waals surface area contributed by atoms with E-state index in [-0.39, 0.29) is 24.2 Å². The predicted octanol–water partition coefficient (Wildman–Crippen LogP) is 2.48. The SMILES string of the molecule is CC(C)OC(=O)CCc1ccc([N+](=O)[O-])cc1. The summed E-state index contributed by atoms with van der Waals surface area (Å²) in [4.78, 5) is 21.3. The van der Waals surface area contributed by atoms with Crippen LogP contribution in [-0.2, 0) is 16.0 Å². The molecule has 0 bridgehead atoms. The number of benzene rings is 1. The van der Waals surface area contributed by atoms with Gasteiger partial charge in [-0.15, -0.1) is 0 Å². The van der Waals surface area contributed by atoms with Gasteiger partial charge in [0.1, 0.15) is 0 Å². The quantitative estimate of drug-likeness (QED) is 0.448. The molecule has 0 fully saturated rings. The Morgan fingerprint density at radius 2 is 1.94 bits per heavy atom. The van der Waals surface area contributed by atoms with Crippen LogP contribution in [0.2, 0.25) is 0 Å². The van der Waals surface area contributed by atoms with Gasteiger partial charge in [0.25, 0.3) is 5.69 Å². The van der Waals surface area contributed by atoms with Crippen LogP contribution in [0.15, 0.2) is 24.3 Å². The van der Waals surface area contributed by atoms with E-state index in [1.807, 2.05) is 0 Å². The first-order valence-corrected chi connectivity index (χ1v) is 5.42. The largest absolute Gasteiger partial charge is 0.463 e. The molecule has 1 aromatic rings. The molecule has 0 aromatic heterocycles. The summed E-state index contributed by atoms with van der Waals surface area (Å²) >= 11 is 0. The van der Waals surface area contributed by atoms with E-state index < -0.39 is 4.92 Å². The molecule has 1 aromatic carbocycles. The molecule has 0 aliphatic heterocycles. The van der Waals surface area contributed by atoms with E-state index in [2.05, 4.69) is 0 Å². The number of nitro groups is 1. The Morgan fingerprint density at radius 1 is 1.35 bits per heavy atom. The minimum absolute atomic E-state index is 0.0542. The minimum atomic E-state index is -0.448. The summed E-state index contributed by atoms with van der Waals surface area (Å²) in [5.41, 5.74) is 0.940. The van der Waals surface area contributed by atoms with Crippen LogP contribution in [0.5, 0.6) is 0 Å². The lowest BCUT2D eigenvalue weighted by molar-refractivity contribution is -0.384. The van der Waals surface area contributed by atoms with Gasteiger partial charge in [-0.1, -0.05) is 12.1 Å². The van der Waals surface area contributed by atoms with Crippen molar-refractivity contribution in [1.29, 1.82) is 0 Å². The van der Waals surface area contributed by atoms with Gasteiger partial charge in [-0.25, -0.2) is 0 Å². The van der Waals surface area contributed by atoms with Crippen molar-refractivity contribution in [2.24, 2.45) is 0 Å². The number of hydrogen-bond acceptors (Lipinski definition) is 4. The van der Waals surface area contributed by atoms with Crippen LogP contribution in [-0.4, -0.2) is 17.0 Å². The summed E-state index contributed by atoms with van der Waals surface area (Å²) in [7, 11) is 0. The molecule has 0 amide bonds. The van der Waals surface area contributed by atoms with Gasteiger partial charge in [0.2, 0.25) is 0 Å². The number of aryl methyl sites for hydroxylation is 1. The van der Waals surface area contributed by atoms with Gasteiger partial charge in [-0.3, -0.25) is 14.9 Å². The number of carbonyl (C=O) groups excluding carboxylic acids is 1. The van der Waals surface area contributed by atoms with Gasteiger partial charge in [0, 0.05) is 18.6 Å². The molecule has 0 radical (unpaired) electrons. The maximum atomic E-state index is 11.3. The maximum absolute atomic E-state index is 11.3. The fraction of sp³-hybridized carbons (Fsp3) is 0.417. The van der Waals surface area contributed by atoms with E-state index in [0.717, 1.165) is 5.56 Å². The molecule has 0 aliphatic rings. The summed E-state index contributed by atoms with van der Waals surface area (Å²) in [6.07, 6.45) is 0.707. The van der Waals surface area contributed by atoms with Crippen molar-refractivity contribution >= 4 is 11.7 Å². The molecule has 0 aliphatic carbocycles. The van der Waals surface area contributed by atoms with E-state index in [1.54, 1.807) is 26.0 Å². The summed E-state index contributed by atoms with van der Waals surface area (Å²) in [5, 5.41) is 10.4. The summed E-state index contributed by atoms with van der Waals surface area (Å²) in [6.45, 7) is 3.59. The van der Waals surface area contributed by atoms with Crippen LogP contribution < -0.4 is 0 Å². The Hall–Kier alpha value is -1.91. The molecule has 0 spiro atoms. The van der Waals surface area contributed by atoms with E-state index in [0.29, 0.717) is 6.42 Å². The van der Waals surface area contributed by atoms with E-state index in [4.69, 9.17) is 4.74 Å². The lowest BCUT2D eigenvalue weighted by Gasteiger charge is -2.07. The molecule has 0 heterocycles. The van der Waals surface area contributed by atoms with Gasteiger partial charge in [-0.05, 0) is 25.8 Å². The highest BCUT2D eigenvalue weighted by Crippen LogP contribution is 2.13. The second-order valence-corrected chi connectivity index (χ2v) is 3.96. The predicted molar refractivity (Wildman–Crippen MR) is 62.6 cm³/mol. The van der Waals surface area contributed by atoms with Crippen molar-refractivity contribution in [3.63, 3.8) is 0 Å². The monoisotopic (exact) mass is 237 g/mol. The van der Waals surface area contributed by atoms with Crippen molar-refractivity contribution in [2.45, 2.75) is 32.8 Å². The number of nitro benzene ring substituents is 1. The Labute approximate surface area is 99.5 Å². The zero-order valence-corrected chi connectivity index (χ0v) is 9.88. The zero-order chi connectivity index (χ0) is 12.8. The number of esters is 1. The fourth-order valence-corrected chi connectivity index (χ4v) is 1.35. The Balaban J connectivity index is 2.47. The summed E-state index contributed by atoms with van der Waals surface area (Å²) in [6, 6.07) is 6.17. The maximum Gasteiger partial charge on any atom is 0.306 e. The van der Waals surface area contributed by atoms with Gasteiger partial charge in [-0.2, -0.15) is 0 Å². The lowest BCUT2D eigenvalue weighted by Crippen LogP contribution is -2.11. The molecule has 0 saturated carbocycles. The molecule has 17 heavy (non-hydrogen) atoms. The number of non-ortho nitro benzene ring substituents is 1. The van der Waals surface area contributed by atoms with Crippen molar-refractivity contribution in [2.75, 3.05) is 0 Å². The second-order valence-electron chi connectivity index (χ2n) is 3.96. The highest BCUT2D eigenvalue weighted by molar-refractivity contribution is 5.69. The van der Waals surface area contributed by atoms with Crippen molar-refractivity contribution in [3.05, 3.63) is 39.9 Å². The Kier molecular flexibility index (Phi) is 4.63. The van der Waals surface area contributed by atoms with Crippen LogP contribution in [0, 0.1) is 10.1 Å². The van der Waals surface area contributed by atoms with Crippen molar-refractivity contribution < 1.29 is 14.5 Å². The smallest absolute Gasteiger partial charge is 0.306 e. The van der Waals surface area contributed by atoms with E-state index in [9.17, 15) is 14.9 Å². The van der Waals surface area contributed by atoms with Gasteiger partial charge >= 0.3 is 5.97 Å². The first-order chi connectivity index (χ1) is 7.99. The third-order valence-electron chi connectivity index (χ3n) is 2.13. The second kappa shape index (κ2) is 5.98. The third kappa shape index (κ3) is 4.63. The lowest BCUT2D eigenvalue weighted by atomic mass is 10.1. The molecule has 0 N–H and O–H groups in total. The molecule has 92 valence electrons. The zero-order valence-electron chi connectivity index (χ0n) is 9.88. The van der Waals surface area contributed by atoms with Gasteiger partial charge < -0.3 is 4.74 Å². The number of hydrogen-bond donors (Lipinski definition) is 0. The average molecular weight is 237 g/mol. The first kappa shape index (κ1) is 13.2. The number of nitrogens with zero attached hydrogens (tertiary/aromatic N) is 1. The van der Waals surface area contributed by atoms with E-state index >= 15 is 0 Å². The summed E-state index contributed by atoms with van der Waals surface area (Å²) < 4.78 is 4.99. The topological polar surface area (TPSA) is 69.4 Å². The Bertz CT molecular complexity index is 397. The summed E-state index contributed by atoms with van der Waals surface area (Å²) in [5.74, 6) is -0.252. The van der Waals surface area contributed by atoms with Gasteiger partial charge in [0.05, 0.1) is 11.0 Å². The Morgan fingerprint density at radius 3 is 2.41 bits per heavy atom. The highest BCUT2D eigenvalue weighted by atomic mass is 16.6. The van der Waals surface area contributed by atoms with E-state index in [1.165, 1.54) is 12.1 Å². The molecular formula is C12H15NO4. The van der Waals surface area contributed by atoms with Gasteiger partial charge in [0.15, 0.2) is 0 Å². The highest BCUT2D eigenvalue weighted by Gasteiger charge is 2.07. The molecule has 5 heteroatoms. The first-order valence-electron chi connectivity index (χ1n) is 5.42. The van der Waals surface area contributed by atoms with Crippen LogP contribution >= 0.6 is 0 Å². The number of rotatable bonds is 5. The van der Waals surface area contributed by atoms with Crippen molar-refractivity contribution in [1.82, 2.24) is 0 Å². The number of carbonyl (C=O) groups is 1. The molecule has 0 saturated heterocycles. The normalized spacial score (nSPS) is 10.3. The fourth-order valence-electron chi connectivity index (χ4n) is 1.35. The molecule has 1 rings (SSSR count). The van der Waals surface area contributed by atoms with Crippen LogP contribution in [0.3, 0.4) is 0 Å². The average Bonchev–Trinajstić information content (AvgIpc) is 2.26. The minimum Gasteiger partial charge on any atom is -0.463 e. The van der Waals surface area contributed by atoms with Crippen molar-refractivity contribution in [3.8, 4) is 0 Å². The molecule has 0 atom stereocenters. The number of ether oxygens (including phenoxy) is 1. The van der Waals surface area contributed by atoms with Crippen LogP contribution in [0.25, 0.3) is 0 Å². The molecule has 5 nitrogen and oxygen atoms in total. The molecular weight excluding hydrogens is 222 g/mol. The van der Waals surface area contributed by atoms with Crippen LogP contribution in [0.1, 0.15) is 25.8 Å². The third-order valence-corrected chi connectivity index (χ3v) is 2.13. The standard InChI is InChI=1S/C12H15NO4/c1-9(2)17-12(14)8-5-10-3-6-11(7-4-10)13(15)16/h3-4,6-7,9H,5,8H2,1-2H3. The van der Waals surface area contributed by atoms with Crippen LogP contribution in [0.4, 0.5) is 5.69 Å².